The first-order chi connectivity index (χ1) is 45.0. The Morgan fingerprint density at radius 2 is 0.809 bits per heavy atom. The quantitative estimate of drug-likeness (QED) is 0.0354. The lowest BCUT2D eigenvalue weighted by Crippen LogP contribution is -2.71. The fraction of sp³-hybridized carbons (Fsp3) is 0.462. The predicted molar refractivity (Wildman–Crippen MR) is 313 cm³/mol. The van der Waals surface area contributed by atoms with Crippen molar-refractivity contribution in [1.29, 1.82) is 0 Å². The minimum Gasteiger partial charge on any atom is -0.463 e. The van der Waals surface area contributed by atoms with E-state index in [2.05, 4.69) is 0 Å². The summed E-state index contributed by atoms with van der Waals surface area (Å²) in [6, 6.07) is 25.6. The van der Waals surface area contributed by atoms with Crippen LogP contribution >= 0.6 is 0 Å². The van der Waals surface area contributed by atoms with Gasteiger partial charge in [0.2, 0.25) is 0 Å². The number of ether oxygens (including phenoxy) is 17. The summed E-state index contributed by atoms with van der Waals surface area (Å²) in [6.45, 7) is 5.11. The van der Waals surface area contributed by atoms with Crippen LogP contribution in [-0.4, -0.2) is 203 Å². The normalized spacial score (nSPS) is 26.3. The Hall–Kier alpha value is -9.07. The van der Waals surface area contributed by atoms with Crippen LogP contribution in [0.5, 0.6) is 0 Å². The minimum atomic E-state index is -2.26. The van der Waals surface area contributed by atoms with Crippen LogP contribution in [-0.2, 0) is 127 Å². The van der Waals surface area contributed by atoms with Crippen molar-refractivity contribution in [1.82, 2.24) is 4.90 Å². The Balaban J connectivity index is 1.37. The molecule has 3 saturated heterocycles. The SMILES string of the molecule is COCCOCc1ccc(CO[C@@H]2O[C@H](COC(=O)c3ccccc3)[C@H](O[C@@H]3O[C@H](COC(C)=O)[C@@H](OC(C)=O)[C@H](OC(C)=O)[C@H]3OC(C)=O)[C@H](O[C@@H]3O[C@H](COC(C)=O)[C@@H](OC(C)=O)[C@H](OC(C)=O)[C@H]3N3C(=O)c4ccccc4C3=O)[C@H]2OC(=O)c2ccccc2)cc1. The molecule has 504 valence electrons. The Labute approximate surface area is 538 Å². The minimum absolute atomic E-state index is 0.0373. The molecule has 0 aliphatic carbocycles. The smallest absolute Gasteiger partial charge is 0.338 e. The lowest BCUT2D eigenvalue weighted by Gasteiger charge is -2.51. The molecular formula is C65H71NO28. The van der Waals surface area contributed by atoms with Crippen molar-refractivity contribution in [2.24, 2.45) is 0 Å². The Morgan fingerprint density at radius 3 is 1.33 bits per heavy atom. The van der Waals surface area contributed by atoms with E-state index in [4.69, 9.17) is 80.5 Å². The van der Waals surface area contributed by atoms with Gasteiger partial charge in [-0.05, 0) is 47.5 Å². The summed E-state index contributed by atoms with van der Waals surface area (Å²) >= 11 is 0. The fourth-order valence-electron chi connectivity index (χ4n) is 10.8. The summed E-state index contributed by atoms with van der Waals surface area (Å²) in [6.07, 6.45) is -27.2. The molecule has 2 amide bonds. The molecule has 94 heavy (non-hydrogen) atoms. The average molecular weight is 1310 g/mol. The zero-order valence-electron chi connectivity index (χ0n) is 52.4. The van der Waals surface area contributed by atoms with Gasteiger partial charge in [-0.3, -0.25) is 48.1 Å². The zero-order valence-corrected chi connectivity index (χ0v) is 52.4. The molecule has 4 aromatic carbocycles. The second kappa shape index (κ2) is 33.2. The molecule has 29 heteroatoms. The van der Waals surface area contributed by atoms with Gasteiger partial charge < -0.3 is 80.5 Å². The maximum absolute atomic E-state index is 15.0. The maximum atomic E-state index is 15.0. The number of hydrogen-bond donors (Lipinski definition) is 0. The third-order valence-corrected chi connectivity index (χ3v) is 14.7. The highest BCUT2D eigenvalue weighted by molar-refractivity contribution is 6.21. The highest BCUT2D eigenvalue weighted by atomic mass is 16.8. The number of rotatable bonds is 27. The molecule has 0 bridgehead atoms. The molecule has 4 aliphatic rings. The van der Waals surface area contributed by atoms with Crippen LogP contribution in [0, 0.1) is 0 Å². The van der Waals surface area contributed by atoms with E-state index in [0.717, 1.165) is 54.0 Å². The van der Waals surface area contributed by atoms with Gasteiger partial charge in [0.15, 0.2) is 55.5 Å². The lowest BCUT2D eigenvalue weighted by molar-refractivity contribution is -0.383. The summed E-state index contributed by atoms with van der Waals surface area (Å²) in [5.74, 6) is -10.9. The summed E-state index contributed by atoms with van der Waals surface area (Å²) in [4.78, 5) is 151. The van der Waals surface area contributed by atoms with Gasteiger partial charge in [0, 0.05) is 55.6 Å². The molecule has 29 nitrogen and oxygen atoms in total. The summed E-state index contributed by atoms with van der Waals surface area (Å²) < 4.78 is 104. The van der Waals surface area contributed by atoms with Crippen LogP contribution in [0.25, 0.3) is 0 Å². The van der Waals surface area contributed by atoms with E-state index < -0.39 is 177 Å². The first kappa shape index (κ1) is 70.8. The van der Waals surface area contributed by atoms with Crippen molar-refractivity contribution in [2.45, 2.75) is 154 Å². The van der Waals surface area contributed by atoms with Crippen LogP contribution in [0.4, 0.5) is 0 Å². The Kier molecular flexibility index (Phi) is 25.0. The first-order valence-electron chi connectivity index (χ1n) is 29.6. The summed E-state index contributed by atoms with van der Waals surface area (Å²) in [5.41, 5.74) is 0.922. The second-order valence-electron chi connectivity index (χ2n) is 21.7. The highest BCUT2D eigenvalue weighted by Crippen LogP contribution is 2.41. The van der Waals surface area contributed by atoms with Gasteiger partial charge in [0.1, 0.15) is 56.4 Å². The van der Waals surface area contributed by atoms with E-state index in [-0.39, 0.29) is 35.5 Å². The predicted octanol–water partition coefficient (Wildman–Crippen LogP) is 3.84. The molecule has 4 aromatic rings. The van der Waals surface area contributed by atoms with Crippen molar-refractivity contribution < 1.29 is 133 Å². The third-order valence-electron chi connectivity index (χ3n) is 14.7. The number of methoxy groups -OCH3 is 1. The van der Waals surface area contributed by atoms with Crippen LogP contribution < -0.4 is 0 Å². The number of esters is 9. The Morgan fingerprint density at radius 1 is 0.394 bits per heavy atom. The van der Waals surface area contributed by atoms with E-state index in [1.54, 1.807) is 48.5 Å². The van der Waals surface area contributed by atoms with E-state index >= 15 is 0 Å². The molecule has 0 unspecified atom stereocenters. The zero-order chi connectivity index (χ0) is 67.8. The fourth-order valence-corrected chi connectivity index (χ4v) is 10.8. The van der Waals surface area contributed by atoms with Gasteiger partial charge in [0.25, 0.3) is 11.8 Å². The number of carbonyl (C=O) groups is 11. The largest absolute Gasteiger partial charge is 0.463 e. The van der Waals surface area contributed by atoms with Crippen molar-refractivity contribution in [3.05, 3.63) is 143 Å². The van der Waals surface area contributed by atoms with Crippen LogP contribution in [0.1, 0.15) is 101 Å². The van der Waals surface area contributed by atoms with Crippen LogP contribution in [0.3, 0.4) is 0 Å². The molecule has 8 rings (SSSR count). The van der Waals surface area contributed by atoms with Crippen LogP contribution in [0.15, 0.2) is 109 Å². The van der Waals surface area contributed by atoms with E-state index in [1.807, 2.05) is 0 Å². The molecule has 3 fully saturated rings. The van der Waals surface area contributed by atoms with Gasteiger partial charge in [0.05, 0.1) is 48.7 Å². The van der Waals surface area contributed by atoms with Crippen molar-refractivity contribution in [3.8, 4) is 0 Å². The number of hydrogen-bond acceptors (Lipinski definition) is 28. The number of fused-ring (bicyclic) bond motifs is 1. The molecule has 0 radical (unpaired) electrons. The topological polar surface area (TPSA) is 348 Å². The average Bonchev–Trinajstić information content (AvgIpc) is 1.48. The van der Waals surface area contributed by atoms with Crippen LogP contribution in [0.2, 0.25) is 0 Å². The summed E-state index contributed by atoms with van der Waals surface area (Å²) in [7, 11) is 1.54. The molecule has 0 spiro atoms. The summed E-state index contributed by atoms with van der Waals surface area (Å²) in [5, 5.41) is 0. The first-order valence-corrected chi connectivity index (χ1v) is 29.6. The molecule has 15 atom stereocenters. The van der Waals surface area contributed by atoms with Gasteiger partial charge in [-0.25, -0.2) is 9.59 Å². The lowest BCUT2D eigenvalue weighted by atomic mass is 9.93. The van der Waals surface area contributed by atoms with Gasteiger partial charge in [-0.2, -0.15) is 0 Å². The van der Waals surface area contributed by atoms with E-state index in [1.165, 1.54) is 67.8 Å². The Bertz CT molecular complexity index is 3310. The van der Waals surface area contributed by atoms with Gasteiger partial charge >= 0.3 is 53.7 Å². The van der Waals surface area contributed by atoms with Gasteiger partial charge in [-0.15, -0.1) is 0 Å². The van der Waals surface area contributed by atoms with Crippen molar-refractivity contribution in [3.63, 3.8) is 0 Å². The van der Waals surface area contributed by atoms with Gasteiger partial charge in [-0.1, -0.05) is 72.8 Å². The van der Waals surface area contributed by atoms with Crippen molar-refractivity contribution >= 4 is 65.5 Å². The number of benzene rings is 4. The maximum Gasteiger partial charge on any atom is 0.338 e. The number of nitrogens with zero attached hydrogens (tertiary/aromatic N) is 1. The number of imide groups is 1. The van der Waals surface area contributed by atoms with E-state index in [0.29, 0.717) is 23.7 Å². The monoisotopic (exact) mass is 1310 g/mol. The molecular weight excluding hydrogens is 1240 g/mol. The number of amides is 2. The molecule has 0 aromatic heterocycles. The second-order valence-corrected chi connectivity index (χ2v) is 21.7. The van der Waals surface area contributed by atoms with Crippen molar-refractivity contribution in [2.75, 3.05) is 40.1 Å². The molecule has 0 N–H and O–H groups in total. The van der Waals surface area contributed by atoms with E-state index in [9.17, 15) is 52.7 Å². The standard InChI is InChI=1S/C65H71NO28/c1-34(67)80-31-47-51(84-36(3)69)54(86-38(5)71)50(66-59(74)45-21-15-16-22-46(45)60(66)75)63(89-47)94-56-53(93-65-58(88-40(7)73)55(87-39(6)72)52(85-37(4)70)48(91-65)32-81-35(2)68)49(33-82-61(76)43-17-11-9-12-18-43)90-64(57(56)92-62(77)44-19-13-10-14-20-44)83-30-42-25-23-41(24-26-42)29-79-28-27-78-8/h9-26,47-58,63-65H,27-33H2,1-8H3/t47-,48-,49-,50-,51-,52-,53+,54-,55+,56+,57-,58-,63+,64-,65+/m1/s1. The molecule has 4 aliphatic heterocycles. The number of carbonyl (C=O) groups excluding carboxylic acids is 11. The molecule has 4 heterocycles. The highest BCUT2D eigenvalue weighted by Gasteiger charge is 2.62. The third kappa shape index (κ3) is 18.4. The molecule has 0 saturated carbocycles.